The second-order valence-corrected chi connectivity index (χ2v) is 6.83. The topological polar surface area (TPSA) is 58.6 Å². The summed E-state index contributed by atoms with van der Waals surface area (Å²) >= 11 is 1.44. The average Bonchev–Trinajstić information content (AvgIpc) is 2.96. The molecule has 2 aromatic rings. The molecule has 1 amide bonds. The summed E-state index contributed by atoms with van der Waals surface area (Å²) in [5, 5.41) is 0.948. The molecule has 1 aliphatic heterocycles. The smallest absolute Gasteiger partial charge is 0.222 e. The number of hydrogen-bond donors (Lipinski definition) is 0. The molecule has 6 nitrogen and oxygen atoms in total. The maximum absolute atomic E-state index is 11.9. The standard InChI is InChI=1S/C18H24N4O2S/c1-3-17(23)21-8-5-9-22(11-10-21)18-19-16(20-25-18)13-14-6-4-7-15(12-14)24-2/h4,6-7,12H,3,5,8-11,13H2,1-2H3. The summed E-state index contributed by atoms with van der Waals surface area (Å²) < 4.78 is 9.78. The SMILES string of the molecule is CCC(=O)N1CCCN(c2nc(Cc3cccc(OC)c3)ns2)CC1. The van der Waals surface area contributed by atoms with E-state index in [0.29, 0.717) is 12.8 Å². The molecular formula is C18H24N4O2S. The molecule has 25 heavy (non-hydrogen) atoms. The lowest BCUT2D eigenvalue weighted by Crippen LogP contribution is -2.34. The van der Waals surface area contributed by atoms with Crippen molar-refractivity contribution in [1.82, 2.24) is 14.3 Å². The van der Waals surface area contributed by atoms with Crippen LogP contribution in [0.25, 0.3) is 0 Å². The third kappa shape index (κ3) is 4.48. The van der Waals surface area contributed by atoms with Crippen LogP contribution in [-0.4, -0.2) is 53.5 Å². The van der Waals surface area contributed by atoms with Gasteiger partial charge in [-0.2, -0.15) is 4.37 Å². The first-order valence-electron chi connectivity index (χ1n) is 8.68. The van der Waals surface area contributed by atoms with E-state index in [0.717, 1.165) is 54.9 Å². The lowest BCUT2D eigenvalue weighted by atomic mass is 10.1. The molecule has 0 N–H and O–H groups in total. The molecule has 0 atom stereocenters. The second-order valence-electron chi connectivity index (χ2n) is 6.10. The number of aromatic nitrogens is 2. The van der Waals surface area contributed by atoms with Gasteiger partial charge < -0.3 is 14.5 Å². The summed E-state index contributed by atoms with van der Waals surface area (Å²) in [5.41, 5.74) is 1.14. The van der Waals surface area contributed by atoms with Crippen molar-refractivity contribution in [3.05, 3.63) is 35.7 Å². The summed E-state index contributed by atoms with van der Waals surface area (Å²) in [5.74, 6) is 1.91. The van der Waals surface area contributed by atoms with Crippen molar-refractivity contribution >= 4 is 22.6 Å². The van der Waals surface area contributed by atoms with Crippen LogP contribution in [0.5, 0.6) is 5.75 Å². The first-order valence-corrected chi connectivity index (χ1v) is 9.45. The fraction of sp³-hybridized carbons (Fsp3) is 0.500. The number of amides is 1. The minimum atomic E-state index is 0.234. The normalized spacial score (nSPS) is 15.1. The highest BCUT2D eigenvalue weighted by molar-refractivity contribution is 7.09. The quantitative estimate of drug-likeness (QED) is 0.820. The summed E-state index contributed by atoms with van der Waals surface area (Å²) in [6.45, 7) is 5.25. The molecule has 1 aromatic carbocycles. The van der Waals surface area contributed by atoms with Crippen LogP contribution >= 0.6 is 11.5 Å². The zero-order valence-corrected chi connectivity index (χ0v) is 15.6. The number of anilines is 1. The highest BCUT2D eigenvalue weighted by Crippen LogP contribution is 2.22. The minimum absolute atomic E-state index is 0.234. The first-order chi connectivity index (χ1) is 12.2. The molecule has 0 radical (unpaired) electrons. The van der Waals surface area contributed by atoms with Crippen LogP contribution in [0.15, 0.2) is 24.3 Å². The van der Waals surface area contributed by atoms with Crippen LogP contribution in [0.3, 0.4) is 0 Å². The van der Waals surface area contributed by atoms with Gasteiger partial charge in [0, 0.05) is 50.6 Å². The number of hydrogen-bond acceptors (Lipinski definition) is 6. The van der Waals surface area contributed by atoms with Gasteiger partial charge >= 0.3 is 0 Å². The Morgan fingerprint density at radius 3 is 2.96 bits per heavy atom. The molecule has 3 rings (SSSR count). The van der Waals surface area contributed by atoms with E-state index >= 15 is 0 Å². The number of benzene rings is 1. The van der Waals surface area contributed by atoms with Gasteiger partial charge in [-0.15, -0.1) is 0 Å². The van der Waals surface area contributed by atoms with Crippen LogP contribution in [0, 0.1) is 0 Å². The van der Waals surface area contributed by atoms with Crippen LogP contribution < -0.4 is 9.64 Å². The molecule has 134 valence electrons. The summed E-state index contributed by atoms with van der Waals surface area (Å²) in [6.07, 6.45) is 2.24. The Morgan fingerprint density at radius 2 is 2.16 bits per heavy atom. The van der Waals surface area contributed by atoms with Gasteiger partial charge in [0.15, 0.2) is 0 Å². The van der Waals surface area contributed by atoms with Crippen molar-refractivity contribution in [2.75, 3.05) is 38.2 Å². The van der Waals surface area contributed by atoms with Gasteiger partial charge in [0.1, 0.15) is 11.6 Å². The fourth-order valence-corrected chi connectivity index (χ4v) is 3.73. The monoisotopic (exact) mass is 360 g/mol. The Bertz CT molecular complexity index is 719. The number of methoxy groups -OCH3 is 1. The second kappa shape index (κ2) is 8.29. The molecule has 1 saturated heterocycles. The predicted molar refractivity (Wildman–Crippen MR) is 99.4 cm³/mol. The first kappa shape index (κ1) is 17.7. The number of ether oxygens (including phenoxy) is 1. The minimum Gasteiger partial charge on any atom is -0.497 e. The van der Waals surface area contributed by atoms with Crippen LogP contribution in [0.4, 0.5) is 5.13 Å². The van der Waals surface area contributed by atoms with Crippen molar-refractivity contribution in [1.29, 1.82) is 0 Å². The number of nitrogens with zero attached hydrogens (tertiary/aromatic N) is 4. The Hall–Kier alpha value is -2.15. The lowest BCUT2D eigenvalue weighted by Gasteiger charge is -2.20. The van der Waals surface area contributed by atoms with E-state index in [4.69, 9.17) is 9.72 Å². The van der Waals surface area contributed by atoms with Gasteiger partial charge in [-0.1, -0.05) is 19.1 Å². The van der Waals surface area contributed by atoms with E-state index in [1.165, 1.54) is 11.5 Å². The Balaban J connectivity index is 1.63. The fourth-order valence-electron chi connectivity index (χ4n) is 2.99. The third-order valence-electron chi connectivity index (χ3n) is 4.38. The van der Waals surface area contributed by atoms with E-state index in [9.17, 15) is 4.79 Å². The van der Waals surface area contributed by atoms with E-state index in [2.05, 4.69) is 15.3 Å². The largest absolute Gasteiger partial charge is 0.497 e. The van der Waals surface area contributed by atoms with Crippen LogP contribution in [-0.2, 0) is 11.2 Å². The lowest BCUT2D eigenvalue weighted by molar-refractivity contribution is -0.130. The Labute approximate surface area is 152 Å². The Kier molecular flexibility index (Phi) is 5.86. The maximum atomic E-state index is 11.9. The van der Waals surface area contributed by atoms with Crippen molar-refractivity contribution in [3.63, 3.8) is 0 Å². The van der Waals surface area contributed by atoms with Crippen molar-refractivity contribution in [3.8, 4) is 5.75 Å². The summed E-state index contributed by atoms with van der Waals surface area (Å²) in [6, 6.07) is 7.99. The zero-order valence-electron chi connectivity index (χ0n) is 14.8. The predicted octanol–water partition coefficient (Wildman–Crippen LogP) is 2.59. The molecule has 0 aliphatic carbocycles. The van der Waals surface area contributed by atoms with Crippen molar-refractivity contribution in [2.24, 2.45) is 0 Å². The number of carbonyl (C=O) groups is 1. The van der Waals surface area contributed by atoms with Crippen LogP contribution in [0.2, 0.25) is 0 Å². The van der Waals surface area contributed by atoms with Crippen molar-refractivity contribution < 1.29 is 9.53 Å². The van der Waals surface area contributed by atoms with Gasteiger partial charge in [-0.3, -0.25) is 4.79 Å². The molecule has 0 spiro atoms. The van der Waals surface area contributed by atoms with Crippen LogP contribution in [0.1, 0.15) is 31.2 Å². The van der Waals surface area contributed by atoms with Gasteiger partial charge in [0.25, 0.3) is 0 Å². The molecular weight excluding hydrogens is 336 g/mol. The van der Waals surface area contributed by atoms with Gasteiger partial charge in [-0.05, 0) is 24.1 Å². The highest BCUT2D eigenvalue weighted by Gasteiger charge is 2.20. The molecule has 0 unspecified atom stereocenters. The average molecular weight is 360 g/mol. The molecule has 2 heterocycles. The van der Waals surface area contributed by atoms with E-state index in [1.807, 2.05) is 30.0 Å². The number of rotatable bonds is 5. The zero-order chi connectivity index (χ0) is 17.6. The molecule has 0 bridgehead atoms. The molecule has 1 fully saturated rings. The van der Waals surface area contributed by atoms with Gasteiger partial charge in [0.05, 0.1) is 7.11 Å². The number of carbonyl (C=O) groups excluding carboxylic acids is 1. The van der Waals surface area contributed by atoms with E-state index in [1.54, 1.807) is 7.11 Å². The summed E-state index contributed by atoms with van der Waals surface area (Å²) in [4.78, 5) is 20.8. The molecule has 1 aliphatic rings. The Morgan fingerprint density at radius 1 is 1.28 bits per heavy atom. The van der Waals surface area contributed by atoms with E-state index < -0.39 is 0 Å². The highest BCUT2D eigenvalue weighted by atomic mass is 32.1. The summed E-state index contributed by atoms with van der Waals surface area (Å²) in [7, 11) is 1.67. The van der Waals surface area contributed by atoms with E-state index in [-0.39, 0.29) is 5.91 Å². The maximum Gasteiger partial charge on any atom is 0.222 e. The molecule has 1 aromatic heterocycles. The molecule has 7 heteroatoms. The van der Waals surface area contributed by atoms with Crippen molar-refractivity contribution in [2.45, 2.75) is 26.2 Å². The van der Waals surface area contributed by atoms with Gasteiger partial charge in [-0.25, -0.2) is 4.98 Å². The van der Waals surface area contributed by atoms with Gasteiger partial charge in [0.2, 0.25) is 11.0 Å². The molecule has 0 saturated carbocycles. The third-order valence-corrected chi connectivity index (χ3v) is 5.19.